The van der Waals surface area contributed by atoms with Crippen LogP contribution in [-0.2, 0) is 43.2 Å². The lowest BCUT2D eigenvalue weighted by atomic mass is 9.92. The van der Waals surface area contributed by atoms with Crippen LogP contribution in [0.3, 0.4) is 0 Å². The molecule has 1 unspecified atom stereocenters. The van der Waals surface area contributed by atoms with Crippen molar-refractivity contribution in [1.82, 2.24) is 48.0 Å². The van der Waals surface area contributed by atoms with Gasteiger partial charge in [-0.05, 0) is 50.4 Å². The fourth-order valence-corrected chi connectivity index (χ4v) is 8.43. The number of nitrogens with two attached hydrogens (primary N) is 2. The minimum atomic E-state index is -1.51. The van der Waals surface area contributed by atoms with Gasteiger partial charge >= 0.3 is 6.03 Å². The largest absolute Gasteiger partial charge is 0.370 e. The summed E-state index contributed by atoms with van der Waals surface area (Å²) in [5.74, 6) is -7.17. The van der Waals surface area contributed by atoms with Crippen molar-refractivity contribution in [3.05, 3.63) is 0 Å². The second kappa shape index (κ2) is 26.9. The van der Waals surface area contributed by atoms with Crippen molar-refractivity contribution in [2.75, 3.05) is 25.4 Å². The Bertz CT molecular complexity index is 1570. The highest BCUT2D eigenvalue weighted by molar-refractivity contribution is 8.00. The molecular formula is C38H65N11O11S. The number of hydroxylamine groups is 1. The molecule has 0 aromatic rings. The fraction of sp³-hybridized carbons (Fsp3) is 0.737. The number of carbonyl (C=O) groups is 10. The number of primary amides is 2. The molecule has 0 aromatic heterocycles. The first-order valence-corrected chi connectivity index (χ1v) is 21.8. The lowest BCUT2D eigenvalue weighted by Crippen LogP contribution is -2.57. The van der Waals surface area contributed by atoms with E-state index in [-0.39, 0.29) is 42.8 Å². The summed E-state index contributed by atoms with van der Waals surface area (Å²) in [4.78, 5) is 124. The first-order chi connectivity index (χ1) is 28.8. The summed E-state index contributed by atoms with van der Waals surface area (Å²) in [6.45, 7) is 6.24. The van der Waals surface area contributed by atoms with E-state index in [1.807, 2.05) is 11.8 Å². The highest BCUT2D eigenvalue weighted by atomic mass is 32.2. The van der Waals surface area contributed by atoms with Crippen LogP contribution in [-0.4, -0.2) is 125 Å². The Hall–Kier alpha value is -5.19. The van der Waals surface area contributed by atoms with E-state index in [9.17, 15) is 47.9 Å². The number of carbonyl (C=O) groups excluding carboxylic acids is 10. The molecule has 0 aliphatic carbocycles. The van der Waals surface area contributed by atoms with E-state index in [4.69, 9.17) is 16.7 Å². The van der Waals surface area contributed by atoms with Gasteiger partial charge in [-0.2, -0.15) is 11.8 Å². The molecule has 22 nitrogen and oxygen atoms in total. The quantitative estimate of drug-likeness (QED) is 0.0163. The number of fused-ring (bicyclic) bond motifs is 1. The summed E-state index contributed by atoms with van der Waals surface area (Å²) >= 11 is 1.83. The maximum Gasteiger partial charge on any atom is 0.315 e. The molecule has 2 saturated heterocycles. The van der Waals surface area contributed by atoms with Gasteiger partial charge in [0.1, 0.15) is 18.1 Å². The summed E-state index contributed by atoms with van der Waals surface area (Å²) in [7, 11) is 0. The summed E-state index contributed by atoms with van der Waals surface area (Å²) in [6, 6.07) is -3.60. The van der Waals surface area contributed by atoms with Crippen molar-refractivity contribution in [3.8, 4) is 0 Å². The summed E-state index contributed by atoms with van der Waals surface area (Å²) in [6.07, 6.45) is 3.63. The highest BCUT2D eigenvalue weighted by Gasteiger charge is 2.42. The van der Waals surface area contributed by atoms with Gasteiger partial charge in [0.15, 0.2) is 0 Å². The van der Waals surface area contributed by atoms with Crippen LogP contribution >= 0.6 is 11.8 Å². The number of amides is 11. The van der Waals surface area contributed by atoms with E-state index in [0.29, 0.717) is 37.5 Å². The van der Waals surface area contributed by atoms with E-state index in [2.05, 4.69) is 42.5 Å². The Morgan fingerprint density at radius 1 is 0.770 bits per heavy atom. The molecule has 0 saturated carbocycles. The van der Waals surface area contributed by atoms with Gasteiger partial charge < -0.3 is 54.0 Å². The average molecular weight is 884 g/mol. The fourth-order valence-electron chi connectivity index (χ4n) is 6.89. The molecule has 14 N–H and O–H groups in total. The van der Waals surface area contributed by atoms with Crippen molar-refractivity contribution in [2.24, 2.45) is 29.2 Å². The van der Waals surface area contributed by atoms with Crippen LogP contribution < -0.4 is 59.5 Å². The van der Waals surface area contributed by atoms with Gasteiger partial charge in [0.25, 0.3) is 0 Å². The van der Waals surface area contributed by atoms with Gasteiger partial charge in [-0.3, -0.25) is 48.4 Å². The molecule has 2 aliphatic heterocycles. The number of unbranched alkanes of at least 4 members (excludes halogenated alkanes) is 2. The van der Waals surface area contributed by atoms with Crippen LogP contribution in [0.15, 0.2) is 0 Å². The molecule has 61 heavy (non-hydrogen) atoms. The average Bonchev–Trinajstić information content (AvgIpc) is 3.76. The molecule has 2 rings (SSSR count). The van der Waals surface area contributed by atoms with Crippen molar-refractivity contribution in [2.45, 2.75) is 134 Å². The zero-order chi connectivity index (χ0) is 45.6. The summed E-state index contributed by atoms with van der Waals surface area (Å²) in [5.41, 5.74) is 12.3. The molecule has 0 aromatic carbocycles. The third-order valence-electron chi connectivity index (χ3n) is 10.4. The normalized spacial score (nSPS) is 19.0. The number of hydrogen-bond acceptors (Lipinski definition) is 12. The van der Waals surface area contributed by atoms with Crippen molar-refractivity contribution >= 4 is 71.0 Å². The van der Waals surface area contributed by atoms with E-state index < -0.39 is 103 Å². The molecule has 2 heterocycles. The van der Waals surface area contributed by atoms with E-state index in [0.717, 1.165) is 25.0 Å². The molecule has 23 heteroatoms. The van der Waals surface area contributed by atoms with Crippen LogP contribution in [0.2, 0.25) is 0 Å². The topological polar surface area (TPSA) is 351 Å². The van der Waals surface area contributed by atoms with E-state index in [1.165, 1.54) is 5.48 Å². The highest BCUT2D eigenvalue weighted by Crippen LogP contribution is 2.33. The Kier molecular flexibility index (Phi) is 22.9. The summed E-state index contributed by atoms with van der Waals surface area (Å²) in [5, 5.41) is 30.1. The first-order valence-electron chi connectivity index (χ1n) is 20.7. The van der Waals surface area contributed by atoms with Crippen molar-refractivity contribution in [1.29, 1.82) is 0 Å². The maximum absolute atomic E-state index is 13.3. The minimum Gasteiger partial charge on any atom is -0.370 e. The zero-order valence-electron chi connectivity index (χ0n) is 35.4. The lowest BCUT2D eigenvalue weighted by molar-refractivity contribution is -0.138. The number of hydrogen-bond donors (Lipinski definition) is 12. The molecule has 0 bridgehead atoms. The monoisotopic (exact) mass is 883 g/mol. The Morgan fingerprint density at radius 2 is 1.48 bits per heavy atom. The summed E-state index contributed by atoms with van der Waals surface area (Å²) < 4.78 is 0. The van der Waals surface area contributed by atoms with Crippen LogP contribution in [0.1, 0.15) is 98.3 Å². The van der Waals surface area contributed by atoms with Gasteiger partial charge in [0.05, 0.1) is 31.6 Å². The van der Waals surface area contributed by atoms with Gasteiger partial charge in [-0.15, -0.1) is 0 Å². The Morgan fingerprint density at radius 3 is 2.11 bits per heavy atom. The second-order valence-electron chi connectivity index (χ2n) is 15.9. The lowest BCUT2D eigenvalue weighted by Gasteiger charge is -2.27. The zero-order valence-corrected chi connectivity index (χ0v) is 36.2. The van der Waals surface area contributed by atoms with Gasteiger partial charge in [0.2, 0.25) is 53.2 Å². The molecule has 2 fully saturated rings. The van der Waals surface area contributed by atoms with Crippen molar-refractivity contribution < 1.29 is 53.2 Å². The number of rotatable bonds is 29. The number of urea groups is 1. The molecule has 0 spiro atoms. The van der Waals surface area contributed by atoms with Gasteiger partial charge in [0, 0.05) is 36.3 Å². The van der Waals surface area contributed by atoms with Crippen LogP contribution in [0, 0.1) is 17.8 Å². The van der Waals surface area contributed by atoms with Crippen LogP contribution in [0.5, 0.6) is 0 Å². The molecule has 11 amide bonds. The molecule has 0 radical (unpaired) electrons. The molecule has 8 atom stereocenters. The smallest absolute Gasteiger partial charge is 0.315 e. The Balaban J connectivity index is 1.76. The predicted molar refractivity (Wildman–Crippen MR) is 223 cm³/mol. The third kappa shape index (κ3) is 19.4. The van der Waals surface area contributed by atoms with Crippen LogP contribution in [0.4, 0.5) is 4.79 Å². The SMILES string of the molecule is CC[C@H](C)[C@H](NC(=O)[C@H](CC(N)=O)NC(=O)C(CC(=O)NO)CC(C)C)C(=O)NCC(=O)NCC(=O)N[C@@H](CCCCNC(=O)CCCC[C@@H]1SC[C@@H]2NC(=O)N[C@@H]21)C(N)=O. The second-order valence-corrected chi connectivity index (χ2v) is 17.2. The standard InChI is InChI=1S/C38H65N11O11S/c1-5-21(4)32(47-36(57)24(16-27(39)50)45-35(56)22(14-20(2)3)15-29(52)49-60)37(58)43-17-30(53)42-18-31(54)44-23(34(40)55)10-8-9-13-41-28(51)12-7-6-11-26-33-25(19-61-26)46-38(59)48-33/h20-26,32-33,60H,5-19H2,1-4H3,(H2,39,50)(H2,40,55)(H,41,51)(H,42,53)(H,43,58)(H,44,54)(H,45,56)(H,47,57)(H,49,52)(H2,46,48,59)/t21-,22?,23-,24-,25-,26-,32-,33-/m0/s1. The minimum absolute atomic E-state index is 0.0495. The number of nitrogens with one attached hydrogen (secondary N) is 9. The Labute approximate surface area is 359 Å². The number of thioether (sulfide) groups is 1. The van der Waals surface area contributed by atoms with E-state index >= 15 is 0 Å². The molecule has 344 valence electrons. The maximum atomic E-state index is 13.3. The molecule has 2 aliphatic rings. The first kappa shape index (κ1) is 51.9. The van der Waals surface area contributed by atoms with Crippen molar-refractivity contribution in [3.63, 3.8) is 0 Å². The third-order valence-corrected chi connectivity index (χ3v) is 11.9. The van der Waals surface area contributed by atoms with Crippen LogP contribution in [0.25, 0.3) is 0 Å². The van der Waals surface area contributed by atoms with Gasteiger partial charge in [-0.1, -0.05) is 40.5 Å². The van der Waals surface area contributed by atoms with E-state index in [1.54, 1.807) is 27.7 Å². The molecular weight excluding hydrogens is 819 g/mol. The van der Waals surface area contributed by atoms with Gasteiger partial charge in [-0.25, -0.2) is 10.3 Å². The predicted octanol–water partition coefficient (Wildman–Crippen LogP) is -2.35.